The van der Waals surface area contributed by atoms with Gasteiger partial charge in [-0.3, -0.25) is 0 Å². The third-order valence-electron chi connectivity index (χ3n) is 5.50. The van der Waals surface area contributed by atoms with Crippen LogP contribution in [0.3, 0.4) is 0 Å². The predicted molar refractivity (Wildman–Crippen MR) is 93.2 cm³/mol. The van der Waals surface area contributed by atoms with Crippen LogP contribution < -0.4 is 14.8 Å². The Labute approximate surface area is 144 Å². The molecule has 0 spiro atoms. The lowest BCUT2D eigenvalue weighted by Gasteiger charge is -2.38. The number of halogens is 1. The molecule has 0 bridgehead atoms. The summed E-state index contributed by atoms with van der Waals surface area (Å²) >= 11 is 3.75. The third kappa shape index (κ3) is 2.08. The molecule has 23 heavy (non-hydrogen) atoms. The Kier molecular flexibility index (Phi) is 3.08. The molecular weight excluding hydrogens is 354 g/mol. The minimum atomic E-state index is 0.318. The maximum Gasteiger partial charge on any atom is 0.231 e. The minimum Gasteiger partial charge on any atom is -0.454 e. The zero-order valence-electron chi connectivity index (χ0n) is 12.7. The van der Waals surface area contributed by atoms with Crippen molar-refractivity contribution in [3.63, 3.8) is 0 Å². The summed E-state index contributed by atoms with van der Waals surface area (Å²) in [5.74, 6) is 2.99. The molecule has 3 nitrogen and oxygen atoms in total. The predicted octanol–water partition coefficient (Wildman–Crippen LogP) is 5.23. The molecule has 1 aliphatic carbocycles. The molecule has 1 saturated carbocycles. The van der Waals surface area contributed by atoms with Gasteiger partial charge in [0.25, 0.3) is 0 Å². The van der Waals surface area contributed by atoms with Crippen molar-refractivity contribution in [2.45, 2.75) is 31.2 Å². The molecular formula is C19H18BrNO2. The summed E-state index contributed by atoms with van der Waals surface area (Å²) in [7, 11) is 0. The van der Waals surface area contributed by atoms with E-state index in [1.165, 1.54) is 36.1 Å². The molecule has 1 fully saturated rings. The van der Waals surface area contributed by atoms with E-state index in [1.54, 1.807) is 0 Å². The van der Waals surface area contributed by atoms with E-state index in [9.17, 15) is 0 Å². The van der Waals surface area contributed by atoms with E-state index in [2.05, 4.69) is 51.6 Å². The SMILES string of the molecule is Brc1cc2c(cc1C1Nc3ccccc3C3CCCC31)OCO2. The fraction of sp³-hybridized carbons (Fsp3) is 0.368. The van der Waals surface area contributed by atoms with Crippen LogP contribution in [0.15, 0.2) is 40.9 Å². The summed E-state index contributed by atoms with van der Waals surface area (Å²) < 4.78 is 12.2. The van der Waals surface area contributed by atoms with Gasteiger partial charge in [-0.25, -0.2) is 0 Å². The number of fused-ring (bicyclic) bond motifs is 4. The van der Waals surface area contributed by atoms with Crippen molar-refractivity contribution in [3.05, 3.63) is 52.0 Å². The van der Waals surface area contributed by atoms with Gasteiger partial charge in [-0.05, 0) is 54.0 Å². The number of hydrogen-bond acceptors (Lipinski definition) is 3. The Balaban J connectivity index is 1.61. The number of rotatable bonds is 1. The molecule has 4 heteroatoms. The molecule has 5 rings (SSSR count). The van der Waals surface area contributed by atoms with E-state index in [-0.39, 0.29) is 0 Å². The van der Waals surface area contributed by atoms with Gasteiger partial charge in [-0.2, -0.15) is 0 Å². The van der Waals surface area contributed by atoms with E-state index in [4.69, 9.17) is 9.47 Å². The van der Waals surface area contributed by atoms with E-state index in [0.717, 1.165) is 16.0 Å². The Bertz CT molecular complexity index is 776. The molecule has 2 aromatic rings. The summed E-state index contributed by atoms with van der Waals surface area (Å²) in [4.78, 5) is 0. The first-order chi connectivity index (χ1) is 11.3. The van der Waals surface area contributed by atoms with Crippen molar-refractivity contribution in [2.75, 3.05) is 12.1 Å². The fourth-order valence-electron chi connectivity index (χ4n) is 4.48. The standard InChI is InChI=1S/C19H18BrNO2/c20-15-9-18-17(22-10-23-18)8-14(15)19-13-6-3-5-11(13)12-4-1-2-7-16(12)21-19/h1-2,4,7-9,11,13,19,21H,3,5-6,10H2. The summed E-state index contributed by atoms with van der Waals surface area (Å²) in [6, 6.07) is 13.3. The highest BCUT2D eigenvalue weighted by Crippen LogP contribution is 2.54. The number of anilines is 1. The molecule has 2 aromatic carbocycles. The molecule has 2 aliphatic heterocycles. The highest BCUT2D eigenvalue weighted by molar-refractivity contribution is 9.10. The van der Waals surface area contributed by atoms with Crippen molar-refractivity contribution >= 4 is 21.6 Å². The average molecular weight is 372 g/mol. The van der Waals surface area contributed by atoms with Gasteiger partial charge in [-0.15, -0.1) is 0 Å². The van der Waals surface area contributed by atoms with E-state index in [1.807, 2.05) is 6.07 Å². The lowest BCUT2D eigenvalue weighted by Crippen LogP contribution is -2.29. The fourth-order valence-corrected chi connectivity index (χ4v) is 5.05. The Morgan fingerprint density at radius 2 is 1.83 bits per heavy atom. The number of hydrogen-bond donors (Lipinski definition) is 1. The summed E-state index contributed by atoms with van der Waals surface area (Å²) in [5, 5.41) is 3.79. The molecule has 1 N–H and O–H groups in total. The van der Waals surface area contributed by atoms with Crippen LogP contribution in [0.25, 0.3) is 0 Å². The molecule has 118 valence electrons. The van der Waals surface area contributed by atoms with Crippen LogP contribution in [0.1, 0.15) is 42.3 Å². The molecule has 0 amide bonds. The first-order valence-electron chi connectivity index (χ1n) is 8.26. The van der Waals surface area contributed by atoms with Crippen molar-refractivity contribution in [3.8, 4) is 11.5 Å². The zero-order valence-corrected chi connectivity index (χ0v) is 14.3. The van der Waals surface area contributed by atoms with Crippen LogP contribution in [-0.2, 0) is 0 Å². The summed E-state index contributed by atoms with van der Waals surface area (Å²) in [6.45, 7) is 0.318. The lowest BCUT2D eigenvalue weighted by molar-refractivity contribution is 0.174. The second kappa shape index (κ2) is 5.17. The van der Waals surface area contributed by atoms with Gasteiger partial charge in [0.05, 0.1) is 6.04 Å². The monoisotopic (exact) mass is 371 g/mol. The Morgan fingerprint density at radius 3 is 2.74 bits per heavy atom. The maximum atomic E-state index is 5.59. The molecule has 3 atom stereocenters. The number of ether oxygens (including phenoxy) is 2. The zero-order chi connectivity index (χ0) is 15.4. The molecule has 2 heterocycles. The van der Waals surface area contributed by atoms with Crippen molar-refractivity contribution < 1.29 is 9.47 Å². The van der Waals surface area contributed by atoms with Crippen LogP contribution in [0, 0.1) is 5.92 Å². The summed E-state index contributed by atoms with van der Waals surface area (Å²) in [5.41, 5.74) is 4.05. The van der Waals surface area contributed by atoms with Gasteiger partial charge < -0.3 is 14.8 Å². The topological polar surface area (TPSA) is 30.5 Å². The largest absolute Gasteiger partial charge is 0.454 e. The smallest absolute Gasteiger partial charge is 0.231 e. The van der Waals surface area contributed by atoms with Crippen LogP contribution in [0.2, 0.25) is 0 Å². The van der Waals surface area contributed by atoms with E-state index in [0.29, 0.717) is 24.7 Å². The molecule has 0 aromatic heterocycles. The Hall–Kier alpha value is -1.68. The van der Waals surface area contributed by atoms with Crippen molar-refractivity contribution in [1.29, 1.82) is 0 Å². The van der Waals surface area contributed by atoms with Crippen LogP contribution in [-0.4, -0.2) is 6.79 Å². The number of benzene rings is 2. The van der Waals surface area contributed by atoms with E-state index < -0.39 is 0 Å². The van der Waals surface area contributed by atoms with Gasteiger partial charge in [0.2, 0.25) is 6.79 Å². The van der Waals surface area contributed by atoms with Gasteiger partial charge in [0.15, 0.2) is 11.5 Å². The Morgan fingerprint density at radius 1 is 1.00 bits per heavy atom. The van der Waals surface area contributed by atoms with Gasteiger partial charge in [-0.1, -0.05) is 40.5 Å². The summed E-state index contributed by atoms with van der Waals surface area (Å²) in [6.07, 6.45) is 3.88. The quantitative estimate of drug-likeness (QED) is 0.744. The number of nitrogens with one attached hydrogen (secondary N) is 1. The molecule has 3 unspecified atom stereocenters. The van der Waals surface area contributed by atoms with Crippen LogP contribution in [0.4, 0.5) is 5.69 Å². The van der Waals surface area contributed by atoms with Gasteiger partial charge in [0, 0.05) is 10.2 Å². The number of para-hydroxylation sites is 1. The third-order valence-corrected chi connectivity index (χ3v) is 6.18. The van der Waals surface area contributed by atoms with Crippen molar-refractivity contribution in [1.82, 2.24) is 0 Å². The molecule has 0 saturated heterocycles. The average Bonchev–Trinajstić information content (AvgIpc) is 3.22. The first-order valence-corrected chi connectivity index (χ1v) is 9.05. The normalized spacial score (nSPS) is 27.3. The highest BCUT2D eigenvalue weighted by Gasteiger charge is 2.41. The second-order valence-electron chi connectivity index (χ2n) is 6.64. The van der Waals surface area contributed by atoms with Gasteiger partial charge >= 0.3 is 0 Å². The van der Waals surface area contributed by atoms with Crippen LogP contribution >= 0.6 is 15.9 Å². The second-order valence-corrected chi connectivity index (χ2v) is 7.49. The molecule has 0 radical (unpaired) electrons. The molecule has 3 aliphatic rings. The van der Waals surface area contributed by atoms with Crippen LogP contribution in [0.5, 0.6) is 11.5 Å². The maximum absolute atomic E-state index is 5.59. The van der Waals surface area contributed by atoms with Gasteiger partial charge in [0.1, 0.15) is 0 Å². The lowest BCUT2D eigenvalue weighted by atomic mass is 9.77. The highest BCUT2D eigenvalue weighted by atomic mass is 79.9. The first kappa shape index (κ1) is 13.7. The minimum absolute atomic E-state index is 0.318. The van der Waals surface area contributed by atoms with E-state index >= 15 is 0 Å². The van der Waals surface area contributed by atoms with Crippen molar-refractivity contribution in [2.24, 2.45) is 5.92 Å².